The highest BCUT2D eigenvalue weighted by atomic mass is 32.2. The molecule has 21 heteroatoms. The van der Waals surface area contributed by atoms with E-state index in [1.807, 2.05) is 24.3 Å². The van der Waals surface area contributed by atoms with Gasteiger partial charge in [0.2, 0.25) is 0 Å². The van der Waals surface area contributed by atoms with E-state index in [1.165, 1.54) is 0 Å². The Bertz CT molecular complexity index is 3570. The molecule has 53 heavy (non-hydrogen) atoms. The van der Waals surface area contributed by atoms with E-state index in [9.17, 15) is 44.0 Å². The number of nitrogens with zero attached hydrogens (tertiary/aromatic N) is 4. The summed E-state index contributed by atoms with van der Waals surface area (Å²) in [4.78, 5) is 25.3. The van der Waals surface area contributed by atoms with E-state index in [2.05, 4.69) is 29.9 Å². The summed E-state index contributed by atoms with van der Waals surface area (Å²) in [5, 5.41) is 13.1. The molecule has 4 aromatic carbocycles. The first-order valence-corrected chi connectivity index (χ1v) is 19.5. The third-order valence-corrected chi connectivity index (χ3v) is 11.8. The molecule has 5 heterocycles. The van der Waals surface area contributed by atoms with Crippen molar-refractivity contribution < 1.29 is 44.0 Å². The molecule has 8 aromatic rings. The number of phenolic OH excluding ortho intramolecular Hbond substituents is 1. The second-order valence-corrected chi connectivity index (χ2v) is 16.0. The molecule has 0 atom stereocenters. The fraction of sp³-hybridized carbons (Fsp3) is 0. The van der Waals surface area contributed by atoms with Crippen LogP contribution in [0.3, 0.4) is 0 Å². The van der Waals surface area contributed by atoms with Crippen LogP contribution in [0.4, 0.5) is 23.3 Å². The van der Waals surface area contributed by atoms with Crippen LogP contribution in [0.1, 0.15) is 0 Å². The number of hydrogen-bond acceptors (Lipinski definition) is 11. The van der Waals surface area contributed by atoms with Crippen molar-refractivity contribution in [2.75, 3.05) is 0 Å². The van der Waals surface area contributed by atoms with Gasteiger partial charge in [-0.15, -0.1) is 0 Å². The zero-order valence-electron chi connectivity index (χ0n) is 26.2. The number of phenols is 1. The molecule has 0 saturated carbocycles. The van der Waals surface area contributed by atoms with Crippen molar-refractivity contribution in [1.29, 1.82) is 0 Å². The van der Waals surface area contributed by atoms with Gasteiger partial charge in [-0.25, -0.2) is 20.0 Å². The molecule has 9 rings (SSSR count). The second kappa shape index (κ2) is 10.9. The number of fused-ring (bicyclic) bond motifs is 20. The summed E-state index contributed by atoms with van der Waals surface area (Å²) >= 11 is 0. The number of aromatic nitrogens is 4. The highest BCUT2D eigenvalue weighted by Gasteiger charge is 2.40. The predicted octanol–water partition coefficient (Wildman–Crippen LogP) is 3.18. The van der Waals surface area contributed by atoms with Crippen molar-refractivity contribution in [3.05, 3.63) is 94.7 Å². The predicted molar refractivity (Wildman–Crippen MR) is 188 cm³/mol. The number of aromatic amines is 4. The normalized spacial score (nSPS) is 13.6. The first-order chi connectivity index (χ1) is 25.1. The molecular formula is C32H20N8O10S3. The molecule has 0 fully saturated rings. The van der Waals surface area contributed by atoms with E-state index in [-0.39, 0.29) is 23.3 Å². The van der Waals surface area contributed by atoms with Gasteiger partial charge in [0, 0.05) is 32.3 Å². The highest BCUT2D eigenvalue weighted by Crippen LogP contribution is 2.42. The summed E-state index contributed by atoms with van der Waals surface area (Å²) in [6, 6.07) is 21.0. The van der Waals surface area contributed by atoms with Crippen LogP contribution in [-0.2, 0) is 30.4 Å². The number of aromatic hydroxyl groups is 1. The van der Waals surface area contributed by atoms with Crippen LogP contribution >= 0.6 is 0 Å². The monoisotopic (exact) mass is 772 g/mol. The Morgan fingerprint density at radius 3 is 1.09 bits per heavy atom. The van der Waals surface area contributed by atoms with Crippen LogP contribution in [0.2, 0.25) is 0 Å². The average molecular weight is 773 g/mol. The van der Waals surface area contributed by atoms with E-state index < -0.39 is 72.5 Å². The lowest BCUT2D eigenvalue weighted by molar-refractivity contribution is 0.430. The summed E-state index contributed by atoms with van der Waals surface area (Å²) in [5.74, 6) is -0.941. The van der Waals surface area contributed by atoms with E-state index in [0.29, 0.717) is 37.9 Å². The van der Waals surface area contributed by atoms with Crippen molar-refractivity contribution in [2.24, 2.45) is 20.0 Å². The Morgan fingerprint density at radius 1 is 0.396 bits per heavy atom. The summed E-state index contributed by atoms with van der Waals surface area (Å²) < 4.78 is 108. The van der Waals surface area contributed by atoms with Crippen molar-refractivity contribution in [1.82, 2.24) is 19.9 Å². The van der Waals surface area contributed by atoms with Crippen LogP contribution in [0, 0.1) is 0 Å². The second-order valence-electron chi connectivity index (χ2n) is 11.9. The molecule has 0 unspecified atom stereocenters. The zero-order valence-corrected chi connectivity index (χ0v) is 28.6. The van der Waals surface area contributed by atoms with E-state index in [0.717, 1.165) is 5.39 Å². The Morgan fingerprint density at radius 2 is 0.717 bits per heavy atom. The average Bonchev–Trinajstić information content (AvgIpc) is 3.82. The first kappa shape index (κ1) is 32.7. The molecule has 18 nitrogen and oxygen atoms in total. The standard InChI is InChI=1S/C32H20N8O10S3/c41-21-19-20(22(51(42,43)44)24(53(48,49)50)23(21)52(45,46)47)32-39-30-18-12-6-4-10-16(18)28(37-30)35-26-14-8-2-1-7-13(14)25(33-26)34-27-15-9-3-5-11-17(15)29(36-27)38-31(19)40-32/h1-12,41H,(H,42,43,44)(H,45,46,47)(H,48,49,50)(H4,33,34,35,36,37,38,39,40). The van der Waals surface area contributed by atoms with Gasteiger partial charge in [0.05, 0.1) is 10.8 Å². The molecule has 8 N–H and O–H groups in total. The minimum absolute atomic E-state index is 0.00238. The minimum Gasteiger partial charge on any atom is -0.506 e. The number of rotatable bonds is 3. The molecule has 0 aliphatic carbocycles. The van der Waals surface area contributed by atoms with Crippen LogP contribution in [0.5, 0.6) is 5.75 Å². The zero-order chi connectivity index (χ0) is 37.2. The Balaban J connectivity index is 1.59. The molecule has 266 valence electrons. The lowest BCUT2D eigenvalue weighted by Gasteiger charge is -2.12. The Hall–Kier alpha value is -6.23. The molecular weight excluding hydrogens is 753 g/mol. The number of nitrogens with one attached hydrogen (secondary N) is 4. The highest BCUT2D eigenvalue weighted by molar-refractivity contribution is 7.90. The third-order valence-electron chi connectivity index (χ3n) is 8.74. The first-order valence-electron chi connectivity index (χ1n) is 15.2. The Kier molecular flexibility index (Phi) is 6.71. The molecule has 0 radical (unpaired) electrons. The van der Waals surface area contributed by atoms with E-state index in [4.69, 9.17) is 9.98 Å². The summed E-state index contributed by atoms with van der Waals surface area (Å²) in [6.45, 7) is 0. The third kappa shape index (κ3) is 4.97. The van der Waals surface area contributed by atoms with Crippen LogP contribution in [0.15, 0.2) is 107 Å². The number of benzene rings is 4. The smallest absolute Gasteiger partial charge is 0.299 e. The molecule has 0 amide bonds. The van der Waals surface area contributed by atoms with Gasteiger partial charge in [-0.1, -0.05) is 72.8 Å². The van der Waals surface area contributed by atoms with Crippen LogP contribution < -0.4 is 22.0 Å². The maximum Gasteiger partial charge on any atom is 0.299 e. The largest absolute Gasteiger partial charge is 0.506 e. The van der Waals surface area contributed by atoms with Gasteiger partial charge >= 0.3 is 0 Å². The van der Waals surface area contributed by atoms with Crippen molar-refractivity contribution in [2.45, 2.75) is 14.7 Å². The SMILES string of the molecule is O=S(=O)(O)c1c(S(=O)(=O)O)c(S(=O)(=O)O)c2c3[nH]c(c2c1O)=Nc1[nH]c(c2ccccc12)N=c1[nH]c(c2ccccc12)=Nc1[nH]c(c2ccccc12)N=3. The van der Waals surface area contributed by atoms with Gasteiger partial charge < -0.3 is 25.0 Å². The number of hydrogen-bond donors (Lipinski definition) is 8. The van der Waals surface area contributed by atoms with Crippen LogP contribution in [-0.4, -0.2) is 64.0 Å². The fourth-order valence-electron chi connectivity index (χ4n) is 6.66. The maximum absolute atomic E-state index is 13.1. The minimum atomic E-state index is -5.95. The molecule has 0 spiro atoms. The Labute approximate surface area is 294 Å². The van der Waals surface area contributed by atoms with E-state index >= 15 is 0 Å². The summed E-state index contributed by atoms with van der Waals surface area (Å²) in [7, 11) is -17.6. The quantitative estimate of drug-likeness (QED) is 0.121. The molecule has 1 aliphatic heterocycles. The van der Waals surface area contributed by atoms with Crippen molar-refractivity contribution in [3.8, 4) is 5.75 Å². The molecule has 8 bridgehead atoms. The van der Waals surface area contributed by atoms with Gasteiger partial charge in [0.15, 0.2) is 4.90 Å². The summed E-state index contributed by atoms with van der Waals surface area (Å²) in [6.07, 6.45) is 0. The van der Waals surface area contributed by atoms with Gasteiger partial charge in [-0.3, -0.25) is 13.7 Å². The van der Waals surface area contributed by atoms with Crippen LogP contribution in [0.25, 0.3) is 43.1 Å². The van der Waals surface area contributed by atoms with Gasteiger partial charge in [0.25, 0.3) is 30.4 Å². The lowest BCUT2D eigenvalue weighted by Crippen LogP contribution is -2.17. The molecule has 4 aromatic heterocycles. The molecule has 1 aliphatic rings. The van der Waals surface area contributed by atoms with Crippen molar-refractivity contribution in [3.63, 3.8) is 0 Å². The maximum atomic E-state index is 13.1. The van der Waals surface area contributed by atoms with Crippen molar-refractivity contribution >= 4 is 96.7 Å². The van der Waals surface area contributed by atoms with E-state index in [1.54, 1.807) is 48.5 Å². The fourth-order valence-corrected chi connectivity index (χ4v) is 10.1. The van der Waals surface area contributed by atoms with Gasteiger partial charge in [-0.2, -0.15) is 25.3 Å². The van der Waals surface area contributed by atoms with Gasteiger partial charge in [-0.05, 0) is 0 Å². The number of H-pyrrole nitrogens is 4. The van der Waals surface area contributed by atoms with Gasteiger partial charge in [0.1, 0.15) is 60.8 Å². The lowest BCUT2D eigenvalue weighted by atomic mass is 10.2. The topological polar surface area (TPSA) is 296 Å². The molecule has 0 saturated heterocycles. The summed E-state index contributed by atoms with van der Waals surface area (Å²) in [5.41, 5.74) is -0.253.